The molecular weight excluding hydrogens is 370 g/mol. The molecule has 5 heteroatoms. The van der Waals surface area contributed by atoms with E-state index >= 15 is 0 Å². The first-order valence-corrected chi connectivity index (χ1v) is 9.28. The number of para-hydroxylation sites is 1. The summed E-state index contributed by atoms with van der Waals surface area (Å²) >= 11 is 6.04. The van der Waals surface area contributed by atoms with Gasteiger partial charge >= 0.3 is 0 Å². The highest BCUT2D eigenvalue weighted by Gasteiger charge is 2.11. The molecule has 1 aromatic heterocycles. The van der Waals surface area contributed by atoms with E-state index in [2.05, 4.69) is 10.3 Å². The summed E-state index contributed by atoms with van der Waals surface area (Å²) in [6.07, 6.45) is 1.63. The zero-order valence-electron chi connectivity index (χ0n) is 15.1. The maximum absolute atomic E-state index is 6.04. The third-order valence-corrected chi connectivity index (χ3v) is 4.45. The van der Waals surface area contributed by atoms with Crippen LogP contribution in [-0.2, 0) is 11.4 Å². The molecular formula is C23H18ClN3O. The van der Waals surface area contributed by atoms with E-state index in [1.165, 1.54) is 0 Å². The molecule has 4 nitrogen and oxygen atoms in total. The SMILES string of the molecule is Clc1ccc(-c2cc(C=NOCc3ccccc3)nn2-c2ccccc2)cc1. The van der Waals surface area contributed by atoms with E-state index in [-0.39, 0.29) is 0 Å². The normalized spacial score (nSPS) is 11.0. The molecule has 0 N–H and O–H groups in total. The quantitative estimate of drug-likeness (QED) is 0.312. The summed E-state index contributed by atoms with van der Waals surface area (Å²) in [6.45, 7) is 0.417. The van der Waals surface area contributed by atoms with E-state index in [9.17, 15) is 0 Å². The number of benzene rings is 3. The van der Waals surface area contributed by atoms with Crippen LogP contribution in [0.2, 0.25) is 5.02 Å². The van der Waals surface area contributed by atoms with Gasteiger partial charge < -0.3 is 4.84 Å². The van der Waals surface area contributed by atoms with Crippen molar-refractivity contribution in [3.63, 3.8) is 0 Å². The molecule has 0 aliphatic heterocycles. The Balaban J connectivity index is 1.60. The second-order valence-corrected chi connectivity index (χ2v) is 6.64. The maximum Gasteiger partial charge on any atom is 0.142 e. The average Bonchev–Trinajstić information content (AvgIpc) is 3.17. The highest BCUT2D eigenvalue weighted by molar-refractivity contribution is 6.30. The number of hydrogen-bond acceptors (Lipinski definition) is 3. The summed E-state index contributed by atoms with van der Waals surface area (Å²) in [7, 11) is 0. The second-order valence-electron chi connectivity index (χ2n) is 6.20. The van der Waals surface area contributed by atoms with E-state index in [0.29, 0.717) is 17.3 Å². The lowest BCUT2D eigenvalue weighted by molar-refractivity contribution is 0.132. The molecule has 28 heavy (non-hydrogen) atoms. The third kappa shape index (κ3) is 4.30. The number of oxime groups is 1. The molecule has 0 atom stereocenters. The van der Waals surface area contributed by atoms with Crippen molar-refractivity contribution in [3.8, 4) is 16.9 Å². The van der Waals surface area contributed by atoms with Gasteiger partial charge in [-0.25, -0.2) is 4.68 Å². The predicted octanol–water partition coefficient (Wildman–Crippen LogP) is 5.74. The lowest BCUT2D eigenvalue weighted by Crippen LogP contribution is -1.99. The first kappa shape index (κ1) is 18.0. The summed E-state index contributed by atoms with van der Waals surface area (Å²) in [6, 6.07) is 29.6. The maximum atomic E-state index is 6.04. The van der Waals surface area contributed by atoms with Crippen molar-refractivity contribution in [1.29, 1.82) is 0 Å². The number of rotatable bonds is 6. The molecule has 0 fully saturated rings. The molecule has 0 saturated heterocycles. The molecule has 0 aliphatic rings. The molecule has 0 aliphatic carbocycles. The monoisotopic (exact) mass is 387 g/mol. The number of halogens is 1. The number of nitrogens with zero attached hydrogens (tertiary/aromatic N) is 3. The van der Waals surface area contributed by atoms with E-state index in [0.717, 1.165) is 22.5 Å². The number of aromatic nitrogens is 2. The first-order chi connectivity index (χ1) is 13.8. The Morgan fingerprint density at radius 2 is 1.57 bits per heavy atom. The van der Waals surface area contributed by atoms with E-state index < -0.39 is 0 Å². The van der Waals surface area contributed by atoms with Gasteiger partial charge in [-0.2, -0.15) is 5.10 Å². The standard InChI is InChI=1S/C23H18ClN3O/c24-20-13-11-19(12-14-20)23-15-21(26-27(23)22-9-5-2-6-10-22)16-25-28-17-18-7-3-1-4-8-18/h1-16H,17H2. The van der Waals surface area contributed by atoms with Crippen LogP contribution >= 0.6 is 11.6 Å². The van der Waals surface area contributed by atoms with E-state index in [4.69, 9.17) is 16.4 Å². The Morgan fingerprint density at radius 3 is 2.29 bits per heavy atom. The fraction of sp³-hybridized carbons (Fsp3) is 0.0435. The van der Waals surface area contributed by atoms with Crippen LogP contribution in [0.5, 0.6) is 0 Å². The Labute approximate surface area is 168 Å². The lowest BCUT2D eigenvalue weighted by Gasteiger charge is -2.07. The topological polar surface area (TPSA) is 39.4 Å². The van der Waals surface area contributed by atoms with Crippen LogP contribution in [-0.4, -0.2) is 16.0 Å². The van der Waals surface area contributed by atoms with Crippen LogP contribution < -0.4 is 0 Å². The minimum Gasteiger partial charge on any atom is -0.391 e. The summed E-state index contributed by atoms with van der Waals surface area (Å²) in [4.78, 5) is 5.40. The average molecular weight is 388 g/mol. The number of hydrogen-bond donors (Lipinski definition) is 0. The fourth-order valence-electron chi connectivity index (χ4n) is 2.83. The molecule has 0 radical (unpaired) electrons. The van der Waals surface area contributed by atoms with Crippen molar-refractivity contribution in [3.05, 3.63) is 107 Å². The smallest absolute Gasteiger partial charge is 0.142 e. The zero-order chi connectivity index (χ0) is 19.2. The van der Waals surface area contributed by atoms with E-state index in [1.807, 2.05) is 95.7 Å². The third-order valence-electron chi connectivity index (χ3n) is 4.20. The predicted molar refractivity (Wildman–Crippen MR) is 113 cm³/mol. The first-order valence-electron chi connectivity index (χ1n) is 8.90. The van der Waals surface area contributed by atoms with Gasteiger partial charge in [-0.3, -0.25) is 0 Å². The van der Waals surface area contributed by atoms with Crippen LogP contribution in [0.1, 0.15) is 11.3 Å². The van der Waals surface area contributed by atoms with Crippen molar-refractivity contribution >= 4 is 17.8 Å². The van der Waals surface area contributed by atoms with Gasteiger partial charge in [-0.15, -0.1) is 0 Å². The minimum atomic E-state index is 0.417. The summed E-state index contributed by atoms with van der Waals surface area (Å²) in [5, 5.41) is 9.45. The molecule has 0 saturated carbocycles. The summed E-state index contributed by atoms with van der Waals surface area (Å²) in [5.74, 6) is 0. The molecule has 4 aromatic rings. The van der Waals surface area contributed by atoms with Gasteiger partial charge in [0.25, 0.3) is 0 Å². The molecule has 0 spiro atoms. The van der Waals surface area contributed by atoms with Crippen LogP contribution in [0, 0.1) is 0 Å². The Kier molecular flexibility index (Phi) is 5.50. The molecule has 1 heterocycles. The highest BCUT2D eigenvalue weighted by atomic mass is 35.5. The molecule has 0 bridgehead atoms. The molecule has 3 aromatic carbocycles. The highest BCUT2D eigenvalue weighted by Crippen LogP contribution is 2.25. The van der Waals surface area contributed by atoms with Crippen molar-refractivity contribution in [2.75, 3.05) is 0 Å². The Morgan fingerprint density at radius 1 is 0.893 bits per heavy atom. The summed E-state index contributed by atoms with van der Waals surface area (Å²) < 4.78 is 1.89. The van der Waals surface area contributed by atoms with Crippen LogP contribution in [0.3, 0.4) is 0 Å². The summed E-state index contributed by atoms with van der Waals surface area (Å²) in [5.41, 5.74) is 4.72. The molecule has 138 valence electrons. The second kappa shape index (κ2) is 8.55. The Hall–Kier alpha value is -3.37. The van der Waals surface area contributed by atoms with Gasteiger partial charge in [0.2, 0.25) is 0 Å². The zero-order valence-corrected chi connectivity index (χ0v) is 15.8. The fourth-order valence-corrected chi connectivity index (χ4v) is 2.96. The lowest BCUT2D eigenvalue weighted by atomic mass is 10.1. The largest absolute Gasteiger partial charge is 0.391 e. The molecule has 4 rings (SSSR count). The van der Waals surface area contributed by atoms with E-state index in [1.54, 1.807) is 6.21 Å². The van der Waals surface area contributed by atoms with Gasteiger partial charge in [0, 0.05) is 10.6 Å². The Bertz CT molecular complexity index is 1060. The van der Waals surface area contributed by atoms with Crippen molar-refractivity contribution in [2.24, 2.45) is 5.16 Å². The molecule has 0 unspecified atom stereocenters. The molecule has 0 amide bonds. The van der Waals surface area contributed by atoms with Gasteiger partial charge in [-0.05, 0) is 35.9 Å². The minimum absolute atomic E-state index is 0.417. The van der Waals surface area contributed by atoms with Gasteiger partial charge in [-0.1, -0.05) is 77.4 Å². The van der Waals surface area contributed by atoms with Gasteiger partial charge in [0.15, 0.2) is 0 Å². The van der Waals surface area contributed by atoms with Crippen LogP contribution in [0.4, 0.5) is 0 Å². The van der Waals surface area contributed by atoms with Crippen molar-refractivity contribution < 1.29 is 4.84 Å². The van der Waals surface area contributed by atoms with Crippen molar-refractivity contribution in [1.82, 2.24) is 9.78 Å². The van der Waals surface area contributed by atoms with Gasteiger partial charge in [0.05, 0.1) is 17.6 Å². The van der Waals surface area contributed by atoms with Crippen LogP contribution in [0.15, 0.2) is 96.2 Å². The van der Waals surface area contributed by atoms with Crippen molar-refractivity contribution in [2.45, 2.75) is 6.61 Å². The van der Waals surface area contributed by atoms with Crippen LogP contribution in [0.25, 0.3) is 16.9 Å². The van der Waals surface area contributed by atoms with Gasteiger partial charge in [0.1, 0.15) is 12.3 Å².